The molecule has 0 aromatic heterocycles. The van der Waals surface area contributed by atoms with Crippen LogP contribution in [0.4, 0.5) is 0 Å². The van der Waals surface area contributed by atoms with Gasteiger partial charge in [0.05, 0.1) is 6.07 Å². The summed E-state index contributed by atoms with van der Waals surface area (Å²) in [5.41, 5.74) is -0.624. The zero-order valence-electron chi connectivity index (χ0n) is 9.18. The minimum Gasteiger partial charge on any atom is -0.354 e. The Balaban J connectivity index is 2.47. The Kier molecular flexibility index (Phi) is 2.84. The van der Waals surface area contributed by atoms with Crippen molar-refractivity contribution in [3.05, 3.63) is 0 Å². The Labute approximate surface area is 85.5 Å². The highest BCUT2D eigenvalue weighted by molar-refractivity contribution is 5.86. The molecule has 0 spiro atoms. The van der Waals surface area contributed by atoms with E-state index in [0.29, 0.717) is 6.54 Å². The number of carbonyl (C=O) groups excluding carboxylic acids is 1. The van der Waals surface area contributed by atoms with E-state index >= 15 is 0 Å². The van der Waals surface area contributed by atoms with Gasteiger partial charge in [-0.2, -0.15) is 5.26 Å². The first-order chi connectivity index (χ1) is 6.40. The minimum atomic E-state index is -0.703. The molecule has 0 bridgehead atoms. The van der Waals surface area contributed by atoms with Gasteiger partial charge in [-0.05, 0) is 24.7 Å². The lowest BCUT2D eigenvalue weighted by Crippen LogP contribution is -2.46. The topological polar surface area (TPSA) is 52.9 Å². The van der Waals surface area contributed by atoms with Crippen molar-refractivity contribution in [3.63, 3.8) is 0 Å². The fourth-order valence-electron chi connectivity index (χ4n) is 1.43. The van der Waals surface area contributed by atoms with Gasteiger partial charge in [0.15, 0.2) is 0 Å². The predicted octanol–water partition coefficient (Wildman–Crippen LogP) is 1.84. The third-order valence-corrected chi connectivity index (χ3v) is 2.64. The summed E-state index contributed by atoms with van der Waals surface area (Å²) in [6.45, 7) is 6.82. The van der Waals surface area contributed by atoms with E-state index < -0.39 is 5.41 Å². The second-order valence-corrected chi connectivity index (χ2v) is 5.29. The van der Waals surface area contributed by atoms with Crippen molar-refractivity contribution in [2.24, 2.45) is 10.8 Å². The molecule has 1 fully saturated rings. The molecule has 1 amide bonds. The van der Waals surface area contributed by atoms with Gasteiger partial charge in [0.25, 0.3) is 0 Å². The quantitative estimate of drug-likeness (QED) is 0.729. The van der Waals surface area contributed by atoms with Crippen LogP contribution in [0.2, 0.25) is 0 Å². The van der Waals surface area contributed by atoms with Gasteiger partial charge in [-0.1, -0.05) is 20.8 Å². The number of nitrogens with one attached hydrogen (secondary N) is 1. The molecule has 1 saturated carbocycles. The van der Waals surface area contributed by atoms with Crippen LogP contribution in [0.5, 0.6) is 0 Å². The van der Waals surface area contributed by atoms with Crippen LogP contribution in [0.15, 0.2) is 0 Å². The van der Waals surface area contributed by atoms with Gasteiger partial charge in [-0.3, -0.25) is 4.79 Å². The summed E-state index contributed by atoms with van der Waals surface area (Å²) in [4.78, 5) is 11.7. The Morgan fingerprint density at radius 2 is 2.07 bits per heavy atom. The summed E-state index contributed by atoms with van der Waals surface area (Å²) < 4.78 is 0. The highest BCUT2D eigenvalue weighted by Crippen LogP contribution is 2.40. The molecule has 0 unspecified atom stereocenters. The number of hydrogen-bond donors (Lipinski definition) is 1. The Hall–Kier alpha value is -1.04. The molecule has 78 valence electrons. The third-order valence-electron chi connectivity index (χ3n) is 2.64. The van der Waals surface area contributed by atoms with E-state index in [4.69, 9.17) is 5.26 Å². The van der Waals surface area contributed by atoms with Crippen LogP contribution in [0, 0.1) is 22.2 Å². The number of carbonyl (C=O) groups is 1. The van der Waals surface area contributed by atoms with Gasteiger partial charge in [0.1, 0.15) is 5.41 Å². The van der Waals surface area contributed by atoms with Crippen molar-refractivity contribution in [2.75, 3.05) is 6.54 Å². The molecule has 3 nitrogen and oxygen atoms in total. The number of rotatable bonds is 2. The van der Waals surface area contributed by atoms with E-state index in [1.165, 1.54) is 0 Å². The normalized spacial score (nSPS) is 19.3. The van der Waals surface area contributed by atoms with E-state index in [9.17, 15) is 4.79 Å². The largest absolute Gasteiger partial charge is 0.354 e. The van der Waals surface area contributed by atoms with Gasteiger partial charge in [-0.15, -0.1) is 0 Å². The van der Waals surface area contributed by atoms with Gasteiger partial charge < -0.3 is 5.32 Å². The maximum absolute atomic E-state index is 11.7. The maximum atomic E-state index is 11.7. The lowest BCUT2D eigenvalue weighted by atomic mass is 9.69. The van der Waals surface area contributed by atoms with Gasteiger partial charge in [0, 0.05) is 6.54 Å². The summed E-state index contributed by atoms with van der Waals surface area (Å²) in [6.07, 6.45) is 2.44. The monoisotopic (exact) mass is 194 g/mol. The fraction of sp³-hybridized carbons (Fsp3) is 0.818. The highest BCUT2D eigenvalue weighted by atomic mass is 16.2. The number of nitrogens with zero attached hydrogens (tertiary/aromatic N) is 1. The molecule has 1 aliphatic rings. The molecule has 0 aromatic rings. The van der Waals surface area contributed by atoms with Crippen LogP contribution in [0.1, 0.15) is 40.0 Å². The molecule has 3 heteroatoms. The second-order valence-electron chi connectivity index (χ2n) is 5.29. The average molecular weight is 194 g/mol. The lowest BCUT2D eigenvalue weighted by molar-refractivity contribution is -0.132. The molecule has 0 aromatic carbocycles. The Morgan fingerprint density at radius 1 is 1.50 bits per heavy atom. The average Bonchev–Trinajstić information content (AvgIpc) is 1.98. The van der Waals surface area contributed by atoms with Gasteiger partial charge in [-0.25, -0.2) is 0 Å². The molecule has 0 aliphatic heterocycles. The van der Waals surface area contributed by atoms with Crippen molar-refractivity contribution in [1.29, 1.82) is 5.26 Å². The van der Waals surface area contributed by atoms with E-state index in [-0.39, 0.29) is 11.3 Å². The van der Waals surface area contributed by atoms with Crippen molar-refractivity contribution >= 4 is 5.91 Å². The van der Waals surface area contributed by atoms with E-state index in [0.717, 1.165) is 19.3 Å². The summed E-state index contributed by atoms with van der Waals surface area (Å²) in [5.74, 6) is -0.0822. The molecule has 0 heterocycles. The first kappa shape index (κ1) is 11.0. The van der Waals surface area contributed by atoms with E-state index in [1.54, 1.807) is 0 Å². The zero-order valence-corrected chi connectivity index (χ0v) is 9.18. The lowest BCUT2D eigenvalue weighted by Gasteiger charge is -2.34. The Morgan fingerprint density at radius 3 is 2.36 bits per heavy atom. The van der Waals surface area contributed by atoms with E-state index in [1.807, 2.05) is 0 Å². The molecule has 1 N–H and O–H groups in total. The van der Waals surface area contributed by atoms with Crippen LogP contribution in [0.3, 0.4) is 0 Å². The molecule has 1 aliphatic carbocycles. The van der Waals surface area contributed by atoms with Crippen molar-refractivity contribution in [3.8, 4) is 6.07 Å². The van der Waals surface area contributed by atoms with E-state index in [2.05, 4.69) is 32.2 Å². The number of nitriles is 1. The standard InChI is InChI=1S/C11H18N2O/c1-10(2,3)8-13-9(14)11(7-12)5-4-6-11/h4-6,8H2,1-3H3,(H,13,14). The molecular formula is C11H18N2O. The maximum Gasteiger partial charge on any atom is 0.240 e. The van der Waals surface area contributed by atoms with Crippen LogP contribution < -0.4 is 5.32 Å². The Bertz CT molecular complexity index is 266. The predicted molar refractivity (Wildman–Crippen MR) is 54.4 cm³/mol. The second kappa shape index (κ2) is 3.61. The highest BCUT2D eigenvalue weighted by Gasteiger charge is 2.44. The summed E-state index contributed by atoms with van der Waals surface area (Å²) >= 11 is 0. The molecule has 0 saturated heterocycles. The van der Waals surface area contributed by atoms with Crippen molar-refractivity contribution in [1.82, 2.24) is 5.32 Å². The summed E-state index contributed by atoms with van der Waals surface area (Å²) in [5, 5.41) is 11.8. The molecule has 0 radical (unpaired) electrons. The van der Waals surface area contributed by atoms with Gasteiger partial charge in [0.2, 0.25) is 5.91 Å². The summed E-state index contributed by atoms with van der Waals surface area (Å²) in [7, 11) is 0. The molecule has 1 rings (SSSR count). The van der Waals surface area contributed by atoms with Crippen LogP contribution in [-0.2, 0) is 4.79 Å². The van der Waals surface area contributed by atoms with Crippen molar-refractivity contribution < 1.29 is 4.79 Å². The first-order valence-corrected chi connectivity index (χ1v) is 5.09. The SMILES string of the molecule is CC(C)(C)CNC(=O)C1(C#N)CCC1. The van der Waals surface area contributed by atoms with Crippen LogP contribution in [0.25, 0.3) is 0 Å². The van der Waals surface area contributed by atoms with Crippen LogP contribution in [-0.4, -0.2) is 12.5 Å². The van der Waals surface area contributed by atoms with Gasteiger partial charge >= 0.3 is 0 Å². The smallest absolute Gasteiger partial charge is 0.240 e. The zero-order chi connectivity index (χ0) is 10.8. The summed E-state index contributed by atoms with van der Waals surface area (Å²) in [6, 6.07) is 2.14. The molecular weight excluding hydrogens is 176 g/mol. The first-order valence-electron chi connectivity index (χ1n) is 5.09. The van der Waals surface area contributed by atoms with Crippen LogP contribution >= 0.6 is 0 Å². The van der Waals surface area contributed by atoms with Crippen molar-refractivity contribution in [2.45, 2.75) is 40.0 Å². The third kappa shape index (κ3) is 2.25. The molecule has 0 atom stereocenters. The fourth-order valence-corrected chi connectivity index (χ4v) is 1.43. The molecule has 14 heavy (non-hydrogen) atoms. The minimum absolute atomic E-state index is 0.0794. The number of amides is 1. The number of hydrogen-bond acceptors (Lipinski definition) is 2.